The third kappa shape index (κ3) is 5.15. The number of nitrogens with one attached hydrogen (secondary N) is 2. The zero-order valence-corrected chi connectivity index (χ0v) is 18.1. The SMILES string of the molecule is CC.CC(C)C(=O)Nc1ncnc2c1nc(NCC(C)(C)C(C)(C)N)n2C. The van der Waals surface area contributed by atoms with E-state index in [1.165, 1.54) is 6.33 Å². The first-order valence-corrected chi connectivity index (χ1v) is 9.45. The molecule has 8 nitrogen and oxygen atoms in total. The average Bonchev–Trinajstić information content (AvgIpc) is 2.91. The summed E-state index contributed by atoms with van der Waals surface area (Å²) in [6.45, 7) is 16.5. The van der Waals surface area contributed by atoms with Gasteiger partial charge in [-0.2, -0.15) is 0 Å². The van der Waals surface area contributed by atoms with Crippen molar-refractivity contribution >= 4 is 28.8 Å². The molecule has 152 valence electrons. The second-order valence-corrected chi connectivity index (χ2v) is 7.99. The molecule has 2 aromatic heterocycles. The molecule has 0 fully saturated rings. The molecule has 2 heterocycles. The van der Waals surface area contributed by atoms with Crippen LogP contribution in [0.4, 0.5) is 11.8 Å². The number of rotatable bonds is 6. The van der Waals surface area contributed by atoms with Gasteiger partial charge in [0.25, 0.3) is 0 Å². The molecule has 0 saturated heterocycles. The van der Waals surface area contributed by atoms with E-state index in [0.717, 1.165) is 0 Å². The van der Waals surface area contributed by atoms with Gasteiger partial charge < -0.3 is 16.4 Å². The maximum absolute atomic E-state index is 12.0. The highest BCUT2D eigenvalue weighted by Crippen LogP contribution is 2.29. The molecule has 2 rings (SSSR count). The Hall–Kier alpha value is -2.22. The molecular weight excluding hydrogens is 342 g/mol. The lowest BCUT2D eigenvalue weighted by Crippen LogP contribution is -2.50. The first-order valence-electron chi connectivity index (χ1n) is 9.45. The molecule has 0 saturated carbocycles. The summed E-state index contributed by atoms with van der Waals surface area (Å²) in [7, 11) is 1.87. The summed E-state index contributed by atoms with van der Waals surface area (Å²) in [4.78, 5) is 25.0. The Kier molecular flexibility index (Phi) is 7.31. The molecule has 0 aliphatic heterocycles. The summed E-state index contributed by atoms with van der Waals surface area (Å²) < 4.78 is 1.85. The van der Waals surface area contributed by atoms with E-state index in [-0.39, 0.29) is 22.8 Å². The molecule has 0 aliphatic carbocycles. The molecule has 2 aromatic rings. The Morgan fingerprint density at radius 3 is 2.33 bits per heavy atom. The van der Waals surface area contributed by atoms with Crippen LogP contribution in [0.3, 0.4) is 0 Å². The lowest BCUT2D eigenvalue weighted by molar-refractivity contribution is -0.118. The van der Waals surface area contributed by atoms with Crippen LogP contribution in [-0.4, -0.2) is 37.5 Å². The molecule has 1 amide bonds. The van der Waals surface area contributed by atoms with E-state index in [2.05, 4.69) is 39.4 Å². The number of imidazole rings is 1. The van der Waals surface area contributed by atoms with Gasteiger partial charge in [0.15, 0.2) is 17.0 Å². The van der Waals surface area contributed by atoms with E-state index in [4.69, 9.17) is 5.73 Å². The van der Waals surface area contributed by atoms with Crippen molar-refractivity contribution in [1.29, 1.82) is 0 Å². The maximum Gasteiger partial charge on any atom is 0.228 e. The average molecular weight is 378 g/mol. The van der Waals surface area contributed by atoms with Crippen LogP contribution < -0.4 is 16.4 Å². The maximum atomic E-state index is 12.0. The predicted octanol–water partition coefficient (Wildman–Crippen LogP) is 3.16. The molecule has 0 atom stereocenters. The minimum atomic E-state index is -0.346. The summed E-state index contributed by atoms with van der Waals surface area (Å²) >= 11 is 0. The van der Waals surface area contributed by atoms with Crippen LogP contribution in [0.2, 0.25) is 0 Å². The summed E-state index contributed by atoms with van der Waals surface area (Å²) in [5.41, 5.74) is 6.98. The van der Waals surface area contributed by atoms with Gasteiger partial charge in [-0.15, -0.1) is 0 Å². The van der Waals surface area contributed by atoms with Gasteiger partial charge in [0.2, 0.25) is 11.9 Å². The number of carbonyl (C=O) groups is 1. The fourth-order valence-corrected chi connectivity index (χ4v) is 2.04. The van der Waals surface area contributed by atoms with E-state index in [1.54, 1.807) is 0 Å². The molecule has 0 unspecified atom stereocenters. The lowest BCUT2D eigenvalue weighted by atomic mass is 9.75. The van der Waals surface area contributed by atoms with Gasteiger partial charge in [-0.1, -0.05) is 41.5 Å². The van der Waals surface area contributed by atoms with Crippen molar-refractivity contribution in [1.82, 2.24) is 19.5 Å². The van der Waals surface area contributed by atoms with Crippen LogP contribution in [0.15, 0.2) is 6.33 Å². The molecule has 8 heteroatoms. The normalized spacial score (nSPS) is 12.0. The van der Waals surface area contributed by atoms with Gasteiger partial charge in [-0.05, 0) is 19.3 Å². The lowest BCUT2D eigenvalue weighted by Gasteiger charge is -2.38. The van der Waals surface area contributed by atoms with Gasteiger partial charge >= 0.3 is 0 Å². The Labute approximate surface area is 162 Å². The van der Waals surface area contributed by atoms with Gasteiger partial charge in [-0.25, -0.2) is 15.0 Å². The summed E-state index contributed by atoms with van der Waals surface area (Å²) in [5, 5.41) is 6.15. The first kappa shape index (κ1) is 22.8. The number of hydrogen-bond acceptors (Lipinski definition) is 6. The van der Waals surface area contributed by atoms with E-state index in [9.17, 15) is 4.79 Å². The standard InChI is InChI=1S/C17H29N7O.C2H6/c1-10(2)14(25)23-12-11-13(21-9-20-12)24(7)15(22-11)19-8-16(3,4)17(5,6)18;1-2/h9-10H,8,18H2,1-7H3,(H,19,22)(H,20,21,23,25);1-2H3. The highest BCUT2D eigenvalue weighted by molar-refractivity contribution is 5.98. The number of aryl methyl sites for hydroxylation is 1. The van der Waals surface area contributed by atoms with E-state index >= 15 is 0 Å². The Morgan fingerprint density at radius 1 is 1.22 bits per heavy atom. The van der Waals surface area contributed by atoms with Crippen LogP contribution in [0.1, 0.15) is 55.4 Å². The van der Waals surface area contributed by atoms with Crippen molar-refractivity contribution in [3.05, 3.63) is 6.33 Å². The number of carbonyl (C=O) groups excluding carboxylic acids is 1. The van der Waals surface area contributed by atoms with E-state index in [0.29, 0.717) is 29.5 Å². The number of fused-ring (bicyclic) bond motifs is 1. The third-order valence-electron chi connectivity index (χ3n) is 4.85. The summed E-state index contributed by atoms with van der Waals surface area (Å²) in [6.07, 6.45) is 1.43. The minimum absolute atomic E-state index is 0.105. The van der Waals surface area contributed by atoms with Crippen molar-refractivity contribution in [3.63, 3.8) is 0 Å². The van der Waals surface area contributed by atoms with Crippen molar-refractivity contribution in [3.8, 4) is 0 Å². The number of nitrogens with two attached hydrogens (primary N) is 1. The molecule has 27 heavy (non-hydrogen) atoms. The van der Waals surface area contributed by atoms with Gasteiger partial charge in [0.1, 0.15) is 6.33 Å². The van der Waals surface area contributed by atoms with E-state index < -0.39 is 0 Å². The topological polar surface area (TPSA) is 111 Å². The second kappa shape index (κ2) is 8.65. The predicted molar refractivity (Wildman–Crippen MR) is 112 cm³/mol. The number of nitrogens with zero attached hydrogens (tertiary/aromatic N) is 4. The minimum Gasteiger partial charge on any atom is -0.355 e. The van der Waals surface area contributed by atoms with Gasteiger partial charge in [0.05, 0.1) is 0 Å². The highest BCUT2D eigenvalue weighted by Gasteiger charge is 2.33. The quantitative estimate of drug-likeness (QED) is 0.713. The van der Waals surface area contributed by atoms with Crippen molar-refractivity contribution in [2.24, 2.45) is 24.1 Å². The zero-order valence-electron chi connectivity index (χ0n) is 18.1. The van der Waals surface area contributed by atoms with Crippen LogP contribution in [0.25, 0.3) is 11.2 Å². The van der Waals surface area contributed by atoms with Crippen LogP contribution in [-0.2, 0) is 11.8 Å². The number of amides is 1. The first-order chi connectivity index (χ1) is 12.4. The van der Waals surface area contributed by atoms with Gasteiger partial charge in [-0.3, -0.25) is 9.36 Å². The molecule has 0 radical (unpaired) electrons. The summed E-state index contributed by atoms with van der Waals surface area (Å²) in [5.74, 6) is 0.837. The largest absolute Gasteiger partial charge is 0.355 e. The monoisotopic (exact) mass is 377 g/mol. The van der Waals surface area contributed by atoms with Crippen LogP contribution >= 0.6 is 0 Å². The molecule has 4 N–H and O–H groups in total. The number of anilines is 2. The fraction of sp³-hybridized carbons (Fsp3) is 0.684. The van der Waals surface area contributed by atoms with Crippen molar-refractivity contribution in [2.75, 3.05) is 17.2 Å². The molecule has 0 aromatic carbocycles. The Balaban J connectivity index is 0.00000176. The second-order valence-electron chi connectivity index (χ2n) is 7.99. The Bertz CT molecular complexity index is 772. The van der Waals surface area contributed by atoms with E-state index in [1.807, 2.05) is 53.2 Å². The summed E-state index contributed by atoms with van der Waals surface area (Å²) in [6, 6.07) is 0. The molecular formula is C19H35N7O. The fourth-order valence-electron chi connectivity index (χ4n) is 2.04. The van der Waals surface area contributed by atoms with Crippen molar-refractivity contribution < 1.29 is 4.79 Å². The van der Waals surface area contributed by atoms with Crippen LogP contribution in [0, 0.1) is 11.3 Å². The molecule has 0 bridgehead atoms. The third-order valence-corrected chi connectivity index (χ3v) is 4.85. The van der Waals surface area contributed by atoms with Crippen molar-refractivity contribution in [2.45, 2.75) is 60.9 Å². The van der Waals surface area contributed by atoms with Gasteiger partial charge in [0, 0.05) is 25.0 Å². The number of hydrogen-bond donors (Lipinski definition) is 3. The highest BCUT2D eigenvalue weighted by atomic mass is 16.1. The van der Waals surface area contributed by atoms with Crippen LogP contribution in [0.5, 0.6) is 0 Å². The smallest absolute Gasteiger partial charge is 0.228 e. The molecule has 0 spiro atoms. The number of aromatic nitrogens is 4. The molecule has 0 aliphatic rings. The zero-order chi connectivity index (χ0) is 21.0. The Morgan fingerprint density at radius 2 is 1.81 bits per heavy atom.